The summed E-state index contributed by atoms with van der Waals surface area (Å²) < 4.78 is 18.1. The summed E-state index contributed by atoms with van der Waals surface area (Å²) in [5.41, 5.74) is 4.01. The average Bonchev–Trinajstić information content (AvgIpc) is 3.31. The predicted octanol–water partition coefficient (Wildman–Crippen LogP) is 3.13. The summed E-state index contributed by atoms with van der Waals surface area (Å²) in [4.78, 5) is 21.1. The summed E-state index contributed by atoms with van der Waals surface area (Å²) >= 11 is 0. The van der Waals surface area contributed by atoms with Crippen LogP contribution < -0.4 is 10.6 Å². The van der Waals surface area contributed by atoms with E-state index in [1.165, 1.54) is 6.07 Å². The topological polar surface area (TPSA) is 88.6 Å². The second-order valence-electron chi connectivity index (χ2n) is 8.26. The Morgan fingerprint density at radius 3 is 2.90 bits per heavy atom. The maximum atomic E-state index is 14.8. The number of piperidine rings is 1. The molecular weight excluding hydrogens is 397 g/mol. The second kappa shape index (κ2) is 7.73. The number of amides is 1. The van der Waals surface area contributed by atoms with Crippen molar-refractivity contribution in [3.8, 4) is 11.3 Å². The Morgan fingerprint density at radius 2 is 2.10 bits per heavy atom. The lowest BCUT2D eigenvalue weighted by Gasteiger charge is -2.21. The quantitative estimate of drug-likeness (QED) is 0.529. The zero-order chi connectivity index (χ0) is 21.5. The Hall–Kier alpha value is -3.33. The SMILES string of the molecule is Cc1cn2nc(-c3cc(F)c4nc(NC(=O)CC5CCCNC5)cn4c3)cc(C)c2n1. The molecule has 1 atom stereocenters. The molecule has 0 aliphatic carbocycles. The van der Waals surface area contributed by atoms with Gasteiger partial charge >= 0.3 is 0 Å². The fourth-order valence-electron chi connectivity index (χ4n) is 4.20. The number of hydrogen-bond acceptors (Lipinski definition) is 5. The van der Waals surface area contributed by atoms with Gasteiger partial charge < -0.3 is 15.0 Å². The second-order valence-corrected chi connectivity index (χ2v) is 8.26. The summed E-state index contributed by atoms with van der Waals surface area (Å²) in [5, 5.41) is 10.7. The van der Waals surface area contributed by atoms with Gasteiger partial charge in [-0.1, -0.05) is 0 Å². The molecule has 160 valence electrons. The monoisotopic (exact) mass is 421 g/mol. The summed E-state index contributed by atoms with van der Waals surface area (Å²) in [6, 6.07) is 3.30. The molecule has 8 nitrogen and oxygen atoms in total. The van der Waals surface area contributed by atoms with Gasteiger partial charge in [0.25, 0.3) is 0 Å². The molecule has 1 saturated heterocycles. The Balaban J connectivity index is 1.42. The van der Waals surface area contributed by atoms with Gasteiger partial charge in [0, 0.05) is 18.2 Å². The van der Waals surface area contributed by atoms with Gasteiger partial charge in [-0.3, -0.25) is 4.79 Å². The number of nitrogens with one attached hydrogen (secondary N) is 2. The van der Waals surface area contributed by atoms with Crippen molar-refractivity contribution < 1.29 is 9.18 Å². The molecule has 0 aromatic carbocycles. The zero-order valence-electron chi connectivity index (χ0n) is 17.5. The first-order valence-corrected chi connectivity index (χ1v) is 10.5. The first-order chi connectivity index (χ1) is 15.0. The number of halogens is 1. The number of carbonyl (C=O) groups excluding carboxylic acids is 1. The summed E-state index contributed by atoms with van der Waals surface area (Å²) in [7, 11) is 0. The minimum atomic E-state index is -0.476. The number of nitrogens with zero attached hydrogens (tertiary/aromatic N) is 5. The van der Waals surface area contributed by atoms with Crippen molar-refractivity contribution in [2.24, 2.45) is 5.92 Å². The Morgan fingerprint density at radius 1 is 1.23 bits per heavy atom. The van der Waals surface area contributed by atoms with Gasteiger partial charge in [-0.05, 0) is 63.4 Å². The molecule has 5 heterocycles. The number of fused-ring (bicyclic) bond motifs is 2. The lowest BCUT2D eigenvalue weighted by Crippen LogP contribution is -2.32. The van der Waals surface area contributed by atoms with Crippen LogP contribution in [-0.4, -0.2) is 43.0 Å². The summed E-state index contributed by atoms with van der Waals surface area (Å²) in [6.07, 6.45) is 7.79. The highest BCUT2D eigenvalue weighted by molar-refractivity contribution is 5.90. The fourth-order valence-corrected chi connectivity index (χ4v) is 4.20. The van der Waals surface area contributed by atoms with E-state index in [0.717, 1.165) is 42.8 Å². The number of aryl methyl sites for hydroxylation is 2. The van der Waals surface area contributed by atoms with Crippen LogP contribution in [0.5, 0.6) is 0 Å². The lowest BCUT2D eigenvalue weighted by molar-refractivity contribution is -0.117. The van der Waals surface area contributed by atoms with Gasteiger partial charge in [0.1, 0.15) is 0 Å². The highest BCUT2D eigenvalue weighted by atomic mass is 19.1. The van der Waals surface area contributed by atoms with E-state index in [0.29, 0.717) is 29.4 Å². The third-order valence-electron chi connectivity index (χ3n) is 5.67. The number of pyridine rings is 1. The maximum Gasteiger partial charge on any atom is 0.225 e. The van der Waals surface area contributed by atoms with Crippen LogP contribution in [0.2, 0.25) is 0 Å². The Bertz CT molecular complexity index is 1290. The molecule has 2 N–H and O–H groups in total. The molecule has 0 bridgehead atoms. The van der Waals surface area contributed by atoms with E-state index in [-0.39, 0.29) is 11.6 Å². The van der Waals surface area contributed by atoms with E-state index in [1.807, 2.05) is 26.1 Å². The third kappa shape index (κ3) is 3.88. The molecule has 1 amide bonds. The summed E-state index contributed by atoms with van der Waals surface area (Å²) in [6.45, 7) is 5.72. The molecule has 1 aliphatic rings. The van der Waals surface area contributed by atoms with Crippen LogP contribution in [0.25, 0.3) is 22.6 Å². The minimum absolute atomic E-state index is 0.101. The van der Waals surface area contributed by atoms with Crippen molar-refractivity contribution in [1.82, 2.24) is 29.3 Å². The molecule has 0 radical (unpaired) electrons. The molecule has 1 fully saturated rings. The van der Waals surface area contributed by atoms with Crippen molar-refractivity contribution >= 4 is 23.0 Å². The normalized spacial score (nSPS) is 16.8. The van der Waals surface area contributed by atoms with Crippen LogP contribution in [-0.2, 0) is 4.79 Å². The third-order valence-corrected chi connectivity index (χ3v) is 5.67. The van der Waals surface area contributed by atoms with Gasteiger partial charge in [-0.25, -0.2) is 18.9 Å². The largest absolute Gasteiger partial charge is 0.316 e. The minimum Gasteiger partial charge on any atom is -0.316 e. The van der Waals surface area contributed by atoms with Crippen molar-refractivity contribution in [3.63, 3.8) is 0 Å². The molecule has 0 saturated carbocycles. The smallest absolute Gasteiger partial charge is 0.225 e. The molecular formula is C22H24FN7O. The number of anilines is 1. The van der Waals surface area contributed by atoms with Gasteiger partial charge in [0.05, 0.1) is 23.8 Å². The van der Waals surface area contributed by atoms with Crippen LogP contribution >= 0.6 is 0 Å². The van der Waals surface area contributed by atoms with E-state index >= 15 is 0 Å². The number of carbonyl (C=O) groups is 1. The van der Waals surface area contributed by atoms with Gasteiger partial charge in [0.15, 0.2) is 22.9 Å². The number of rotatable bonds is 4. The molecule has 4 aromatic heterocycles. The summed E-state index contributed by atoms with van der Waals surface area (Å²) in [5.74, 6) is 0.0895. The van der Waals surface area contributed by atoms with Crippen LogP contribution in [0.4, 0.5) is 10.2 Å². The molecule has 1 aliphatic heterocycles. The average molecular weight is 421 g/mol. The fraction of sp³-hybridized carbons (Fsp3) is 0.364. The number of hydrogen-bond donors (Lipinski definition) is 2. The Labute approximate surface area is 178 Å². The van der Waals surface area contributed by atoms with Crippen LogP contribution in [0.15, 0.2) is 30.7 Å². The standard InChI is InChI=1S/C22H24FN7O/c1-13-6-18(28-30-10-14(2)25-21(13)30)16-8-17(23)22-27-19(12-29(22)11-16)26-20(31)7-15-4-3-5-24-9-15/h6,8,10-12,15,24H,3-5,7,9H2,1-2H3,(H,26,31). The Kier molecular flexibility index (Phi) is 4.90. The highest BCUT2D eigenvalue weighted by Gasteiger charge is 2.18. The van der Waals surface area contributed by atoms with Crippen LogP contribution in [0.3, 0.4) is 0 Å². The van der Waals surface area contributed by atoms with E-state index < -0.39 is 5.82 Å². The van der Waals surface area contributed by atoms with Crippen molar-refractivity contribution in [1.29, 1.82) is 0 Å². The lowest BCUT2D eigenvalue weighted by atomic mass is 9.96. The van der Waals surface area contributed by atoms with E-state index in [9.17, 15) is 9.18 Å². The van der Waals surface area contributed by atoms with Gasteiger partial charge in [-0.15, -0.1) is 0 Å². The molecule has 9 heteroatoms. The molecule has 1 unspecified atom stereocenters. The molecule has 4 aromatic rings. The number of aromatic nitrogens is 5. The highest BCUT2D eigenvalue weighted by Crippen LogP contribution is 2.24. The predicted molar refractivity (Wildman–Crippen MR) is 115 cm³/mol. The van der Waals surface area contributed by atoms with Gasteiger partial charge in [-0.2, -0.15) is 5.10 Å². The van der Waals surface area contributed by atoms with Gasteiger partial charge in [0.2, 0.25) is 5.91 Å². The van der Waals surface area contributed by atoms with E-state index in [4.69, 9.17) is 0 Å². The molecule has 31 heavy (non-hydrogen) atoms. The van der Waals surface area contributed by atoms with E-state index in [2.05, 4.69) is 25.7 Å². The zero-order valence-corrected chi connectivity index (χ0v) is 17.5. The number of imidazole rings is 2. The maximum absolute atomic E-state index is 14.8. The first-order valence-electron chi connectivity index (χ1n) is 10.5. The molecule has 5 rings (SSSR count). The van der Waals surface area contributed by atoms with Crippen LogP contribution in [0, 0.1) is 25.6 Å². The van der Waals surface area contributed by atoms with Crippen LogP contribution in [0.1, 0.15) is 30.5 Å². The van der Waals surface area contributed by atoms with Crippen molar-refractivity contribution in [3.05, 3.63) is 47.8 Å². The first kappa shape index (κ1) is 19.6. The van der Waals surface area contributed by atoms with Crippen molar-refractivity contribution in [2.75, 3.05) is 18.4 Å². The molecule has 0 spiro atoms. The van der Waals surface area contributed by atoms with E-state index in [1.54, 1.807) is 21.3 Å². The van der Waals surface area contributed by atoms with Crippen molar-refractivity contribution in [2.45, 2.75) is 33.1 Å².